The molecule has 2 bridgehead atoms. The molecule has 4 rings (SSSR count). The second-order valence-corrected chi connectivity index (χ2v) is 7.21. The van der Waals surface area contributed by atoms with Crippen LogP contribution in [0.5, 0.6) is 0 Å². The molecule has 1 aromatic carbocycles. The molecule has 1 nitrogen and oxygen atoms in total. The van der Waals surface area contributed by atoms with Gasteiger partial charge in [-0.25, -0.2) is 0 Å². The topological polar surface area (TPSA) is 17.1 Å². The van der Waals surface area contributed by atoms with Gasteiger partial charge in [0.1, 0.15) is 0 Å². The second-order valence-electron chi connectivity index (χ2n) is 7.21. The third-order valence-electron chi connectivity index (χ3n) is 5.87. The van der Waals surface area contributed by atoms with Crippen LogP contribution >= 0.6 is 0 Å². The van der Waals surface area contributed by atoms with Crippen molar-refractivity contribution in [2.75, 3.05) is 0 Å². The van der Waals surface area contributed by atoms with Gasteiger partial charge in [0.15, 0.2) is 5.78 Å². The van der Waals surface area contributed by atoms with E-state index in [1.807, 2.05) is 0 Å². The first kappa shape index (κ1) is 12.4. The van der Waals surface area contributed by atoms with Crippen LogP contribution in [0, 0.1) is 5.92 Å². The van der Waals surface area contributed by atoms with Crippen LogP contribution in [0.15, 0.2) is 29.8 Å². The number of hydrogen-bond donors (Lipinski definition) is 0. The molecular formula is C19H22O. The maximum absolute atomic E-state index is 12.3. The standard InChI is InChI=1S/C19H22O/c1-12(2)14-4-6-16-17(10-14)19(8-7-18(16)20)11-13-3-5-15(19)9-13/h3-4,6,10,12,15H,5,7-9,11H2,1-2H3. The predicted octanol–water partition coefficient (Wildman–Crippen LogP) is 4.76. The van der Waals surface area contributed by atoms with E-state index in [0.717, 1.165) is 24.3 Å². The molecule has 1 heteroatoms. The summed E-state index contributed by atoms with van der Waals surface area (Å²) < 4.78 is 0. The van der Waals surface area contributed by atoms with Crippen molar-refractivity contribution in [2.45, 2.75) is 57.3 Å². The molecule has 0 aromatic heterocycles. The van der Waals surface area contributed by atoms with Gasteiger partial charge in [0.2, 0.25) is 0 Å². The molecule has 2 atom stereocenters. The first-order valence-electron chi connectivity index (χ1n) is 7.96. The van der Waals surface area contributed by atoms with Gasteiger partial charge >= 0.3 is 0 Å². The van der Waals surface area contributed by atoms with E-state index in [9.17, 15) is 4.79 Å². The lowest BCUT2D eigenvalue weighted by atomic mass is 9.62. The van der Waals surface area contributed by atoms with E-state index >= 15 is 0 Å². The molecular weight excluding hydrogens is 244 g/mol. The van der Waals surface area contributed by atoms with Crippen molar-refractivity contribution in [1.82, 2.24) is 0 Å². The predicted molar refractivity (Wildman–Crippen MR) is 81.2 cm³/mol. The average molecular weight is 266 g/mol. The largest absolute Gasteiger partial charge is 0.294 e. The van der Waals surface area contributed by atoms with Gasteiger partial charge in [0.25, 0.3) is 0 Å². The summed E-state index contributed by atoms with van der Waals surface area (Å²) in [5.74, 6) is 1.65. The molecule has 3 aliphatic carbocycles. The lowest BCUT2D eigenvalue weighted by molar-refractivity contribution is 0.0939. The quantitative estimate of drug-likeness (QED) is 0.669. The van der Waals surface area contributed by atoms with Gasteiger partial charge in [0, 0.05) is 17.4 Å². The van der Waals surface area contributed by atoms with E-state index in [-0.39, 0.29) is 5.41 Å². The number of allylic oxidation sites excluding steroid dienone is 2. The zero-order valence-electron chi connectivity index (χ0n) is 12.4. The van der Waals surface area contributed by atoms with E-state index in [4.69, 9.17) is 0 Å². The van der Waals surface area contributed by atoms with Crippen LogP contribution in [0.3, 0.4) is 0 Å². The Morgan fingerprint density at radius 3 is 2.80 bits per heavy atom. The Kier molecular flexibility index (Phi) is 2.52. The summed E-state index contributed by atoms with van der Waals surface area (Å²) >= 11 is 0. The van der Waals surface area contributed by atoms with Gasteiger partial charge in [-0.2, -0.15) is 0 Å². The van der Waals surface area contributed by atoms with Crippen LogP contribution in [-0.4, -0.2) is 5.78 Å². The highest BCUT2D eigenvalue weighted by Crippen LogP contribution is 2.58. The minimum absolute atomic E-state index is 0.290. The molecule has 0 saturated heterocycles. The van der Waals surface area contributed by atoms with Crippen molar-refractivity contribution >= 4 is 5.78 Å². The number of ketones is 1. The number of carbonyl (C=O) groups is 1. The molecule has 0 radical (unpaired) electrons. The maximum Gasteiger partial charge on any atom is 0.163 e. The van der Waals surface area contributed by atoms with Gasteiger partial charge in [-0.15, -0.1) is 0 Å². The summed E-state index contributed by atoms with van der Waals surface area (Å²) in [5, 5.41) is 0. The molecule has 0 aliphatic heterocycles. The summed E-state index contributed by atoms with van der Waals surface area (Å²) in [6, 6.07) is 6.62. The van der Waals surface area contributed by atoms with E-state index in [0.29, 0.717) is 11.7 Å². The SMILES string of the molecule is CC(C)c1ccc2c(c1)C1(CCC2=O)CC2=CCC1C2. The Hall–Kier alpha value is -1.37. The molecule has 2 unspecified atom stereocenters. The molecule has 20 heavy (non-hydrogen) atoms. The van der Waals surface area contributed by atoms with Gasteiger partial charge < -0.3 is 0 Å². The molecule has 0 amide bonds. The Morgan fingerprint density at radius 2 is 2.15 bits per heavy atom. The molecule has 0 N–H and O–H groups in total. The Bertz CT molecular complexity index is 623. The van der Waals surface area contributed by atoms with Crippen molar-refractivity contribution in [3.05, 3.63) is 46.5 Å². The van der Waals surface area contributed by atoms with Crippen molar-refractivity contribution in [2.24, 2.45) is 5.92 Å². The molecule has 3 aliphatic rings. The third kappa shape index (κ3) is 1.52. The van der Waals surface area contributed by atoms with Crippen LogP contribution in [0.1, 0.15) is 73.4 Å². The number of carbonyl (C=O) groups excluding carboxylic acids is 1. The molecule has 1 spiro atoms. The van der Waals surface area contributed by atoms with E-state index in [1.54, 1.807) is 5.57 Å². The van der Waals surface area contributed by atoms with Crippen molar-refractivity contribution in [1.29, 1.82) is 0 Å². The van der Waals surface area contributed by atoms with Gasteiger partial charge in [-0.3, -0.25) is 4.79 Å². The zero-order valence-corrected chi connectivity index (χ0v) is 12.4. The lowest BCUT2D eigenvalue weighted by Gasteiger charge is -2.41. The number of hydrogen-bond acceptors (Lipinski definition) is 1. The summed E-state index contributed by atoms with van der Waals surface area (Å²) in [5.41, 5.74) is 5.72. The molecule has 104 valence electrons. The van der Waals surface area contributed by atoms with Crippen LogP contribution < -0.4 is 0 Å². The molecule has 1 aromatic rings. The van der Waals surface area contributed by atoms with Crippen LogP contribution in [-0.2, 0) is 5.41 Å². The fourth-order valence-electron chi connectivity index (χ4n) is 4.70. The number of Topliss-reactive ketones (excluding diaryl/α,β-unsaturated/α-hetero) is 1. The average Bonchev–Trinajstić information content (AvgIpc) is 3.04. The van der Waals surface area contributed by atoms with Gasteiger partial charge in [-0.1, -0.05) is 43.7 Å². The van der Waals surface area contributed by atoms with Crippen molar-refractivity contribution in [3.63, 3.8) is 0 Å². The van der Waals surface area contributed by atoms with E-state index in [2.05, 4.69) is 38.1 Å². The van der Waals surface area contributed by atoms with E-state index < -0.39 is 0 Å². The van der Waals surface area contributed by atoms with Crippen LogP contribution in [0.25, 0.3) is 0 Å². The van der Waals surface area contributed by atoms with Gasteiger partial charge in [0.05, 0.1) is 0 Å². The first-order valence-corrected chi connectivity index (χ1v) is 7.96. The summed E-state index contributed by atoms with van der Waals surface area (Å²) in [7, 11) is 0. The highest BCUT2D eigenvalue weighted by atomic mass is 16.1. The highest BCUT2D eigenvalue weighted by molar-refractivity contribution is 5.99. The monoisotopic (exact) mass is 266 g/mol. The smallest absolute Gasteiger partial charge is 0.163 e. The molecule has 1 saturated carbocycles. The van der Waals surface area contributed by atoms with Crippen LogP contribution in [0.2, 0.25) is 0 Å². The fourth-order valence-corrected chi connectivity index (χ4v) is 4.70. The van der Waals surface area contributed by atoms with Crippen LogP contribution in [0.4, 0.5) is 0 Å². The number of rotatable bonds is 1. The summed E-state index contributed by atoms with van der Waals surface area (Å²) in [6.07, 6.45) is 7.98. The van der Waals surface area contributed by atoms with Gasteiger partial charge in [-0.05, 0) is 48.6 Å². The summed E-state index contributed by atoms with van der Waals surface area (Å²) in [4.78, 5) is 12.3. The Morgan fingerprint density at radius 1 is 1.30 bits per heavy atom. The highest BCUT2D eigenvalue weighted by Gasteiger charge is 2.51. The summed E-state index contributed by atoms with van der Waals surface area (Å²) in [6.45, 7) is 4.48. The van der Waals surface area contributed by atoms with Crippen molar-refractivity contribution < 1.29 is 4.79 Å². The first-order chi connectivity index (χ1) is 9.60. The zero-order chi connectivity index (χ0) is 13.9. The minimum atomic E-state index is 0.290. The normalized spacial score (nSPS) is 31.1. The molecule has 1 fully saturated rings. The van der Waals surface area contributed by atoms with Crippen molar-refractivity contribution in [3.8, 4) is 0 Å². The van der Waals surface area contributed by atoms with E-state index in [1.165, 1.54) is 30.4 Å². The fraction of sp³-hybridized carbons (Fsp3) is 0.526. The maximum atomic E-state index is 12.3. The second kappa shape index (κ2) is 4.07. The number of benzene rings is 1. The Labute approximate surface area is 121 Å². The Balaban J connectivity index is 1.90. The third-order valence-corrected chi connectivity index (χ3v) is 5.87. The lowest BCUT2D eigenvalue weighted by Crippen LogP contribution is -2.37. The number of fused-ring (bicyclic) bond motifs is 5. The minimum Gasteiger partial charge on any atom is -0.294 e. The molecule has 0 heterocycles.